The standard InChI is InChI=1S/C12H10ClNO3/c1-2-7-8-5-6(13)3-4-9(8)14-11(15)10(7)12(16)17/h3-5H,2H2,1H3,(H,14,15)(H,16,17). The van der Waals surface area contributed by atoms with Gasteiger partial charge in [0.1, 0.15) is 5.56 Å². The van der Waals surface area contributed by atoms with Gasteiger partial charge in [-0.05, 0) is 30.2 Å². The highest BCUT2D eigenvalue weighted by Gasteiger charge is 2.17. The molecule has 1 heterocycles. The van der Waals surface area contributed by atoms with Crippen LogP contribution >= 0.6 is 11.6 Å². The van der Waals surface area contributed by atoms with E-state index in [0.29, 0.717) is 27.9 Å². The first kappa shape index (κ1) is 11.7. The van der Waals surface area contributed by atoms with Gasteiger partial charge in [0.15, 0.2) is 0 Å². The van der Waals surface area contributed by atoms with Crippen LogP contribution in [0.2, 0.25) is 5.02 Å². The number of halogens is 1. The number of pyridine rings is 1. The third-order valence-corrected chi connectivity index (χ3v) is 2.89. The first-order valence-electron chi connectivity index (χ1n) is 5.12. The smallest absolute Gasteiger partial charge is 0.341 e. The van der Waals surface area contributed by atoms with Gasteiger partial charge in [-0.3, -0.25) is 4.79 Å². The van der Waals surface area contributed by atoms with E-state index in [1.54, 1.807) is 18.2 Å². The van der Waals surface area contributed by atoms with Crippen LogP contribution in [0.4, 0.5) is 0 Å². The number of H-pyrrole nitrogens is 1. The zero-order chi connectivity index (χ0) is 12.6. The molecule has 0 radical (unpaired) electrons. The van der Waals surface area contributed by atoms with Crippen molar-refractivity contribution in [2.45, 2.75) is 13.3 Å². The number of rotatable bonds is 2. The van der Waals surface area contributed by atoms with Crippen LogP contribution < -0.4 is 5.56 Å². The Morgan fingerprint density at radius 3 is 2.76 bits per heavy atom. The van der Waals surface area contributed by atoms with Gasteiger partial charge in [0, 0.05) is 15.9 Å². The summed E-state index contributed by atoms with van der Waals surface area (Å²) >= 11 is 5.88. The van der Waals surface area contributed by atoms with E-state index >= 15 is 0 Å². The molecule has 2 aromatic rings. The summed E-state index contributed by atoms with van der Waals surface area (Å²) in [5, 5.41) is 10.2. The number of carbonyl (C=O) groups is 1. The zero-order valence-corrected chi connectivity index (χ0v) is 9.84. The van der Waals surface area contributed by atoms with Crippen molar-refractivity contribution >= 4 is 28.5 Å². The lowest BCUT2D eigenvalue weighted by Crippen LogP contribution is -2.20. The molecule has 2 N–H and O–H groups in total. The molecule has 0 amide bonds. The number of nitrogens with one attached hydrogen (secondary N) is 1. The summed E-state index contributed by atoms with van der Waals surface area (Å²) in [5.74, 6) is -1.22. The minimum absolute atomic E-state index is 0.206. The summed E-state index contributed by atoms with van der Waals surface area (Å²) in [6.45, 7) is 1.81. The fourth-order valence-electron chi connectivity index (χ4n) is 1.93. The molecule has 4 nitrogen and oxygen atoms in total. The molecule has 1 aromatic carbocycles. The van der Waals surface area contributed by atoms with Crippen molar-refractivity contribution in [1.29, 1.82) is 0 Å². The molecule has 2 rings (SSSR count). The summed E-state index contributed by atoms with van der Waals surface area (Å²) in [5.41, 5.74) is 0.325. The summed E-state index contributed by atoms with van der Waals surface area (Å²) in [6, 6.07) is 4.99. The highest BCUT2D eigenvalue weighted by Crippen LogP contribution is 2.22. The van der Waals surface area contributed by atoms with Crippen LogP contribution in [0.25, 0.3) is 10.9 Å². The lowest BCUT2D eigenvalue weighted by molar-refractivity contribution is 0.0694. The molecule has 0 saturated heterocycles. The van der Waals surface area contributed by atoms with Crippen molar-refractivity contribution in [3.05, 3.63) is 44.7 Å². The molecule has 0 spiro atoms. The van der Waals surface area contributed by atoms with E-state index in [1.165, 1.54) is 0 Å². The maximum atomic E-state index is 11.7. The number of benzene rings is 1. The summed E-state index contributed by atoms with van der Waals surface area (Å²) in [6.07, 6.45) is 0.461. The third kappa shape index (κ3) is 1.91. The molecule has 0 fully saturated rings. The Hall–Kier alpha value is -1.81. The number of hydrogen-bond donors (Lipinski definition) is 2. The van der Waals surface area contributed by atoms with Gasteiger partial charge >= 0.3 is 5.97 Å². The van der Waals surface area contributed by atoms with E-state index in [-0.39, 0.29) is 5.56 Å². The molecule has 1 aromatic heterocycles. The van der Waals surface area contributed by atoms with Gasteiger partial charge in [-0.15, -0.1) is 0 Å². The predicted molar refractivity (Wildman–Crippen MR) is 65.9 cm³/mol. The fourth-order valence-corrected chi connectivity index (χ4v) is 2.10. The molecule has 17 heavy (non-hydrogen) atoms. The van der Waals surface area contributed by atoms with Crippen LogP contribution in [0.3, 0.4) is 0 Å². The average molecular weight is 252 g/mol. The molecule has 0 unspecified atom stereocenters. The van der Waals surface area contributed by atoms with Crippen molar-refractivity contribution in [2.24, 2.45) is 0 Å². The largest absolute Gasteiger partial charge is 0.477 e. The van der Waals surface area contributed by atoms with E-state index in [9.17, 15) is 9.59 Å². The van der Waals surface area contributed by atoms with E-state index < -0.39 is 11.5 Å². The minimum atomic E-state index is -1.22. The molecule has 0 saturated carbocycles. The number of fused-ring (bicyclic) bond motifs is 1. The monoisotopic (exact) mass is 251 g/mol. The quantitative estimate of drug-likeness (QED) is 0.861. The maximum Gasteiger partial charge on any atom is 0.341 e. The molecule has 88 valence electrons. The second kappa shape index (κ2) is 4.22. The van der Waals surface area contributed by atoms with Crippen molar-refractivity contribution in [3.8, 4) is 0 Å². The van der Waals surface area contributed by atoms with Gasteiger partial charge in [0.25, 0.3) is 5.56 Å². The van der Waals surface area contributed by atoms with Gasteiger partial charge in [0.05, 0.1) is 0 Å². The molecule has 0 aliphatic heterocycles. The Morgan fingerprint density at radius 1 is 1.47 bits per heavy atom. The van der Waals surface area contributed by atoms with E-state index in [1.807, 2.05) is 6.92 Å². The number of hydrogen-bond acceptors (Lipinski definition) is 2. The normalized spacial score (nSPS) is 10.7. The van der Waals surface area contributed by atoms with Gasteiger partial charge in [-0.1, -0.05) is 18.5 Å². The highest BCUT2D eigenvalue weighted by molar-refractivity contribution is 6.31. The number of carboxylic acids is 1. The number of carboxylic acid groups (broad SMARTS) is 1. The highest BCUT2D eigenvalue weighted by atomic mass is 35.5. The van der Waals surface area contributed by atoms with Gasteiger partial charge < -0.3 is 10.1 Å². The Kier molecular flexibility index (Phi) is 2.90. The number of aryl methyl sites for hydroxylation is 1. The predicted octanol–water partition coefficient (Wildman–Crippen LogP) is 2.44. The third-order valence-electron chi connectivity index (χ3n) is 2.65. The van der Waals surface area contributed by atoms with Crippen LogP contribution in [-0.2, 0) is 6.42 Å². The van der Waals surface area contributed by atoms with Crippen LogP contribution in [0, 0.1) is 0 Å². The first-order valence-corrected chi connectivity index (χ1v) is 5.50. The van der Waals surface area contributed by atoms with Crippen LogP contribution in [-0.4, -0.2) is 16.1 Å². The van der Waals surface area contributed by atoms with Gasteiger partial charge in [-0.25, -0.2) is 4.79 Å². The zero-order valence-electron chi connectivity index (χ0n) is 9.08. The van der Waals surface area contributed by atoms with Gasteiger partial charge in [-0.2, -0.15) is 0 Å². The summed E-state index contributed by atoms with van der Waals surface area (Å²) < 4.78 is 0. The van der Waals surface area contributed by atoms with E-state index in [4.69, 9.17) is 16.7 Å². The minimum Gasteiger partial charge on any atom is -0.477 e. The molecular weight excluding hydrogens is 242 g/mol. The Labute approximate surface area is 102 Å². The Morgan fingerprint density at radius 2 is 2.18 bits per heavy atom. The average Bonchev–Trinajstić information content (AvgIpc) is 2.27. The van der Waals surface area contributed by atoms with Crippen molar-refractivity contribution in [1.82, 2.24) is 4.98 Å². The van der Waals surface area contributed by atoms with Crippen molar-refractivity contribution in [3.63, 3.8) is 0 Å². The SMILES string of the molecule is CCc1c(C(=O)O)c(=O)[nH]c2ccc(Cl)cc12. The fraction of sp³-hybridized carbons (Fsp3) is 0.167. The number of aromatic nitrogens is 1. The lowest BCUT2D eigenvalue weighted by Gasteiger charge is -2.08. The van der Waals surface area contributed by atoms with Crippen LogP contribution in [0.1, 0.15) is 22.8 Å². The molecule has 0 aliphatic rings. The molecule has 0 bridgehead atoms. The second-order valence-electron chi connectivity index (χ2n) is 3.66. The Balaban J connectivity index is 2.97. The van der Waals surface area contributed by atoms with Gasteiger partial charge in [0.2, 0.25) is 0 Å². The van der Waals surface area contributed by atoms with E-state index in [0.717, 1.165) is 0 Å². The topological polar surface area (TPSA) is 70.2 Å². The molecule has 0 atom stereocenters. The Bertz CT molecular complexity index is 661. The van der Waals surface area contributed by atoms with E-state index in [2.05, 4.69) is 4.98 Å². The summed E-state index contributed by atoms with van der Waals surface area (Å²) in [4.78, 5) is 25.3. The van der Waals surface area contributed by atoms with Crippen LogP contribution in [0.5, 0.6) is 0 Å². The number of aromatic amines is 1. The number of aromatic carboxylic acids is 1. The first-order chi connectivity index (χ1) is 8.04. The second-order valence-corrected chi connectivity index (χ2v) is 4.09. The van der Waals surface area contributed by atoms with Crippen LogP contribution in [0.15, 0.2) is 23.0 Å². The lowest BCUT2D eigenvalue weighted by atomic mass is 10.0. The molecule has 5 heteroatoms. The summed E-state index contributed by atoms with van der Waals surface area (Å²) in [7, 11) is 0. The molecular formula is C12H10ClNO3. The maximum absolute atomic E-state index is 11.7. The van der Waals surface area contributed by atoms with Crippen molar-refractivity contribution in [2.75, 3.05) is 0 Å². The van der Waals surface area contributed by atoms with Crippen molar-refractivity contribution < 1.29 is 9.90 Å². The molecule has 0 aliphatic carbocycles.